The van der Waals surface area contributed by atoms with Gasteiger partial charge < -0.3 is 14.8 Å². The van der Waals surface area contributed by atoms with Crippen molar-refractivity contribution in [3.8, 4) is 0 Å². The summed E-state index contributed by atoms with van der Waals surface area (Å²) >= 11 is 0. The zero-order valence-corrected chi connectivity index (χ0v) is 8.97. The van der Waals surface area contributed by atoms with Crippen molar-refractivity contribution in [2.45, 2.75) is 6.42 Å². The molecule has 0 radical (unpaired) electrons. The number of carbonyl (C=O) groups is 2. The van der Waals surface area contributed by atoms with E-state index in [1.54, 1.807) is 12.1 Å². The number of carbonyl (C=O) groups excluding carboxylic acids is 1. The minimum atomic E-state index is -0.949. The predicted molar refractivity (Wildman–Crippen MR) is 60.8 cm³/mol. The lowest BCUT2D eigenvalue weighted by atomic mass is 10.2. The number of nitrogens with one attached hydrogen (secondary N) is 1. The molecule has 0 bridgehead atoms. The summed E-state index contributed by atoms with van der Waals surface area (Å²) in [6.45, 7) is 0.0885. The van der Waals surface area contributed by atoms with E-state index in [4.69, 9.17) is 9.52 Å². The number of amides is 1. The van der Waals surface area contributed by atoms with Gasteiger partial charge in [0.05, 0.1) is 6.42 Å². The molecule has 2 N–H and O–H groups in total. The SMILES string of the molecule is O=C(O)CCNC(=O)c1cc2ccccc2o1. The van der Waals surface area contributed by atoms with E-state index in [2.05, 4.69) is 5.32 Å². The molecule has 0 unspecified atom stereocenters. The van der Waals surface area contributed by atoms with Gasteiger partial charge >= 0.3 is 5.97 Å². The number of benzene rings is 1. The van der Waals surface area contributed by atoms with Crippen molar-refractivity contribution >= 4 is 22.8 Å². The van der Waals surface area contributed by atoms with Gasteiger partial charge in [0.25, 0.3) is 5.91 Å². The highest BCUT2D eigenvalue weighted by atomic mass is 16.4. The topological polar surface area (TPSA) is 79.5 Å². The Bertz CT molecular complexity index is 525. The Kier molecular flexibility index (Phi) is 3.09. The molecule has 2 aromatic rings. The third-order valence-electron chi connectivity index (χ3n) is 2.27. The van der Waals surface area contributed by atoms with Crippen molar-refractivity contribution in [1.82, 2.24) is 5.32 Å². The van der Waals surface area contributed by atoms with Gasteiger partial charge in [0.2, 0.25) is 0 Å². The van der Waals surface area contributed by atoms with E-state index in [1.165, 1.54) is 0 Å². The highest BCUT2D eigenvalue weighted by Gasteiger charge is 2.11. The fourth-order valence-corrected chi connectivity index (χ4v) is 1.46. The van der Waals surface area contributed by atoms with Crippen LogP contribution in [0.5, 0.6) is 0 Å². The van der Waals surface area contributed by atoms with Gasteiger partial charge in [-0.15, -0.1) is 0 Å². The molecule has 0 atom stereocenters. The molecule has 0 aliphatic heterocycles. The van der Waals surface area contributed by atoms with E-state index in [1.807, 2.05) is 18.2 Å². The number of carboxylic acid groups (broad SMARTS) is 1. The normalized spacial score (nSPS) is 10.4. The molecule has 5 nitrogen and oxygen atoms in total. The third kappa shape index (κ3) is 2.63. The first-order chi connectivity index (χ1) is 8.16. The summed E-state index contributed by atoms with van der Waals surface area (Å²) in [6, 6.07) is 8.91. The van der Waals surface area contributed by atoms with Crippen LogP contribution in [0.1, 0.15) is 17.0 Å². The smallest absolute Gasteiger partial charge is 0.305 e. The van der Waals surface area contributed by atoms with Crippen LogP contribution in [0.4, 0.5) is 0 Å². The summed E-state index contributed by atoms with van der Waals surface area (Å²) in [6.07, 6.45) is -0.105. The first-order valence-electron chi connectivity index (χ1n) is 5.15. The van der Waals surface area contributed by atoms with E-state index in [0.717, 1.165) is 5.39 Å². The number of para-hydroxylation sites is 1. The van der Waals surface area contributed by atoms with Gasteiger partial charge in [0.1, 0.15) is 5.58 Å². The molecule has 1 heterocycles. The van der Waals surface area contributed by atoms with E-state index in [-0.39, 0.29) is 18.7 Å². The van der Waals surface area contributed by atoms with Crippen LogP contribution in [0, 0.1) is 0 Å². The summed E-state index contributed by atoms with van der Waals surface area (Å²) in [5.41, 5.74) is 0.635. The molecule has 5 heteroatoms. The summed E-state index contributed by atoms with van der Waals surface area (Å²) in [4.78, 5) is 21.9. The van der Waals surface area contributed by atoms with E-state index in [9.17, 15) is 9.59 Å². The molecule has 1 aromatic heterocycles. The van der Waals surface area contributed by atoms with Gasteiger partial charge in [-0.1, -0.05) is 18.2 Å². The average Bonchev–Trinajstić information content (AvgIpc) is 2.71. The zero-order chi connectivity index (χ0) is 12.3. The Labute approximate surface area is 97.0 Å². The quantitative estimate of drug-likeness (QED) is 0.841. The van der Waals surface area contributed by atoms with Crippen LogP contribution >= 0.6 is 0 Å². The average molecular weight is 233 g/mol. The Morgan fingerprint density at radius 1 is 1.29 bits per heavy atom. The largest absolute Gasteiger partial charge is 0.481 e. The number of hydrogen-bond acceptors (Lipinski definition) is 3. The Morgan fingerprint density at radius 3 is 2.76 bits per heavy atom. The molecule has 1 amide bonds. The van der Waals surface area contributed by atoms with Crippen LogP contribution < -0.4 is 5.32 Å². The van der Waals surface area contributed by atoms with E-state index < -0.39 is 11.9 Å². The van der Waals surface area contributed by atoms with Crippen molar-refractivity contribution in [3.63, 3.8) is 0 Å². The molecular formula is C12H11NO4. The van der Waals surface area contributed by atoms with E-state index in [0.29, 0.717) is 5.58 Å². The molecule has 88 valence electrons. The molecular weight excluding hydrogens is 222 g/mol. The number of fused-ring (bicyclic) bond motifs is 1. The van der Waals surface area contributed by atoms with Crippen molar-refractivity contribution in [2.24, 2.45) is 0 Å². The van der Waals surface area contributed by atoms with Gasteiger partial charge in [-0.05, 0) is 12.1 Å². The third-order valence-corrected chi connectivity index (χ3v) is 2.27. The van der Waals surface area contributed by atoms with E-state index >= 15 is 0 Å². The Morgan fingerprint density at radius 2 is 2.06 bits per heavy atom. The first kappa shape index (κ1) is 11.2. The lowest BCUT2D eigenvalue weighted by Crippen LogP contribution is -2.25. The second-order valence-corrected chi connectivity index (χ2v) is 3.55. The molecule has 17 heavy (non-hydrogen) atoms. The van der Waals surface area contributed by atoms with Crippen LogP contribution in [0.25, 0.3) is 11.0 Å². The fraction of sp³-hybridized carbons (Fsp3) is 0.167. The highest BCUT2D eigenvalue weighted by Crippen LogP contribution is 2.18. The molecule has 0 aliphatic carbocycles. The second-order valence-electron chi connectivity index (χ2n) is 3.55. The van der Waals surface area contributed by atoms with Crippen LogP contribution in [0.15, 0.2) is 34.7 Å². The lowest BCUT2D eigenvalue weighted by molar-refractivity contribution is -0.136. The predicted octanol–water partition coefficient (Wildman–Crippen LogP) is 1.64. The van der Waals surface area contributed by atoms with Crippen LogP contribution in [-0.4, -0.2) is 23.5 Å². The Hall–Kier alpha value is -2.30. The molecule has 2 rings (SSSR count). The van der Waals surface area contributed by atoms with Crippen LogP contribution in [0.3, 0.4) is 0 Å². The zero-order valence-electron chi connectivity index (χ0n) is 8.97. The summed E-state index contributed by atoms with van der Waals surface area (Å²) in [7, 11) is 0. The standard InChI is InChI=1S/C12H11NO4/c14-11(15)5-6-13-12(16)10-7-8-3-1-2-4-9(8)17-10/h1-4,7H,5-6H2,(H,13,16)(H,14,15). The number of rotatable bonds is 4. The molecule has 0 saturated carbocycles. The minimum Gasteiger partial charge on any atom is -0.481 e. The number of furan rings is 1. The van der Waals surface area contributed by atoms with Gasteiger partial charge in [0, 0.05) is 11.9 Å². The maximum atomic E-state index is 11.6. The second kappa shape index (κ2) is 4.69. The van der Waals surface area contributed by atoms with Crippen molar-refractivity contribution < 1.29 is 19.1 Å². The minimum absolute atomic E-state index is 0.0885. The summed E-state index contributed by atoms with van der Waals surface area (Å²) in [5.74, 6) is -1.16. The Balaban J connectivity index is 2.06. The first-order valence-corrected chi connectivity index (χ1v) is 5.15. The van der Waals surface area contributed by atoms with Gasteiger partial charge in [-0.2, -0.15) is 0 Å². The van der Waals surface area contributed by atoms with Crippen LogP contribution in [0.2, 0.25) is 0 Å². The van der Waals surface area contributed by atoms with Crippen molar-refractivity contribution in [3.05, 3.63) is 36.1 Å². The molecule has 0 fully saturated rings. The van der Waals surface area contributed by atoms with Gasteiger partial charge in [-0.25, -0.2) is 0 Å². The highest BCUT2D eigenvalue weighted by molar-refractivity contribution is 5.96. The maximum Gasteiger partial charge on any atom is 0.305 e. The summed E-state index contributed by atoms with van der Waals surface area (Å²) in [5, 5.41) is 11.8. The number of carboxylic acids is 1. The molecule has 1 aromatic carbocycles. The number of hydrogen-bond donors (Lipinski definition) is 2. The molecule has 0 spiro atoms. The van der Waals surface area contributed by atoms with Crippen LogP contribution in [-0.2, 0) is 4.79 Å². The lowest BCUT2D eigenvalue weighted by Gasteiger charge is -1.99. The summed E-state index contributed by atoms with van der Waals surface area (Å²) < 4.78 is 5.33. The fourth-order valence-electron chi connectivity index (χ4n) is 1.46. The van der Waals surface area contributed by atoms with Gasteiger partial charge in [-0.3, -0.25) is 9.59 Å². The van der Waals surface area contributed by atoms with Crippen molar-refractivity contribution in [1.29, 1.82) is 0 Å². The van der Waals surface area contributed by atoms with Gasteiger partial charge in [0.15, 0.2) is 5.76 Å². The number of aliphatic carboxylic acids is 1. The maximum absolute atomic E-state index is 11.6. The molecule has 0 aliphatic rings. The monoisotopic (exact) mass is 233 g/mol. The molecule has 0 saturated heterocycles. The van der Waals surface area contributed by atoms with Crippen molar-refractivity contribution in [2.75, 3.05) is 6.54 Å².